The molecule has 3 rings (SSSR count). The van der Waals surface area contributed by atoms with Crippen LogP contribution in [0.4, 0.5) is 0 Å². The van der Waals surface area contributed by atoms with E-state index in [0.29, 0.717) is 40.3 Å². The molecule has 8 heteroatoms. The summed E-state index contributed by atoms with van der Waals surface area (Å²) in [6.45, 7) is 0.0937. The molecule has 0 saturated heterocycles. The van der Waals surface area contributed by atoms with Gasteiger partial charge in [-0.15, -0.1) is 0 Å². The number of pyridine rings is 2. The molecule has 0 spiro atoms. The maximum Gasteiger partial charge on any atom is 0.250 e. The largest absolute Gasteiger partial charge is 0.486 e. The average Bonchev–Trinajstić information content (AvgIpc) is 3.08. The van der Waals surface area contributed by atoms with Crippen molar-refractivity contribution in [2.24, 2.45) is 5.73 Å². The Kier molecular flexibility index (Phi) is 4.11. The number of amides is 1. The minimum absolute atomic E-state index is 0.0937. The first-order valence-electron chi connectivity index (χ1n) is 6.99. The van der Waals surface area contributed by atoms with E-state index in [4.69, 9.17) is 15.2 Å². The van der Waals surface area contributed by atoms with Gasteiger partial charge in [0.1, 0.15) is 18.0 Å². The van der Waals surface area contributed by atoms with Gasteiger partial charge in [0.15, 0.2) is 6.29 Å². The first-order chi connectivity index (χ1) is 11.6. The van der Waals surface area contributed by atoms with Crippen molar-refractivity contribution in [3.05, 3.63) is 53.6 Å². The molecule has 0 radical (unpaired) electrons. The molecule has 8 nitrogen and oxygen atoms in total. The summed E-state index contributed by atoms with van der Waals surface area (Å²) in [5.41, 5.74) is 7.28. The molecule has 0 atom stereocenters. The van der Waals surface area contributed by atoms with Gasteiger partial charge in [0.05, 0.1) is 24.4 Å². The van der Waals surface area contributed by atoms with Crippen molar-refractivity contribution in [3.8, 4) is 11.6 Å². The lowest BCUT2D eigenvalue weighted by Crippen LogP contribution is -2.13. The highest BCUT2D eigenvalue weighted by atomic mass is 16.5. The maximum atomic E-state index is 11.4. The minimum Gasteiger partial charge on any atom is -0.486 e. The Balaban J connectivity index is 1.92. The quantitative estimate of drug-likeness (QED) is 0.682. The lowest BCUT2D eigenvalue weighted by Gasteiger charge is -2.11. The number of aldehydes is 1. The molecule has 2 N–H and O–H groups in total. The molecule has 3 heterocycles. The van der Waals surface area contributed by atoms with E-state index in [9.17, 15) is 9.59 Å². The number of imidazole rings is 1. The van der Waals surface area contributed by atoms with E-state index in [1.54, 1.807) is 29.1 Å². The molecule has 0 aliphatic rings. The Bertz CT molecular complexity index is 920. The third-order valence-corrected chi connectivity index (χ3v) is 3.44. The van der Waals surface area contributed by atoms with E-state index in [2.05, 4.69) is 9.97 Å². The van der Waals surface area contributed by atoms with Crippen molar-refractivity contribution < 1.29 is 19.1 Å². The van der Waals surface area contributed by atoms with Crippen LogP contribution in [0.5, 0.6) is 11.6 Å². The van der Waals surface area contributed by atoms with E-state index in [0.717, 1.165) is 0 Å². The number of carbonyl (C=O) groups is 2. The topological polar surface area (TPSA) is 109 Å². The van der Waals surface area contributed by atoms with Crippen LogP contribution in [-0.2, 0) is 6.61 Å². The standard InChI is InChI=1S/C16H14N4O4/c1-23-14-5-11(8-21)13(6-19-14)24-9-12-4-10(15(17)22)7-20-3-2-18-16(12)20/h2-8H,9H2,1H3,(H2,17,22). The summed E-state index contributed by atoms with van der Waals surface area (Å²) >= 11 is 0. The van der Waals surface area contributed by atoms with Gasteiger partial charge in [0.25, 0.3) is 0 Å². The van der Waals surface area contributed by atoms with Crippen molar-refractivity contribution in [3.63, 3.8) is 0 Å². The third-order valence-electron chi connectivity index (χ3n) is 3.44. The van der Waals surface area contributed by atoms with Gasteiger partial charge in [-0.2, -0.15) is 0 Å². The molecule has 0 bridgehead atoms. The van der Waals surface area contributed by atoms with Crippen molar-refractivity contribution >= 4 is 17.8 Å². The van der Waals surface area contributed by atoms with Gasteiger partial charge in [-0.1, -0.05) is 0 Å². The van der Waals surface area contributed by atoms with E-state index in [-0.39, 0.29) is 6.61 Å². The number of primary amides is 1. The molecular weight excluding hydrogens is 312 g/mol. The van der Waals surface area contributed by atoms with Crippen LogP contribution in [0.15, 0.2) is 36.9 Å². The first-order valence-corrected chi connectivity index (χ1v) is 6.99. The number of hydrogen-bond acceptors (Lipinski definition) is 6. The first kappa shape index (κ1) is 15.5. The van der Waals surface area contributed by atoms with E-state index < -0.39 is 5.91 Å². The second kappa shape index (κ2) is 6.37. The third kappa shape index (κ3) is 2.89. The fourth-order valence-electron chi connectivity index (χ4n) is 2.26. The normalized spacial score (nSPS) is 10.5. The van der Waals surface area contributed by atoms with Crippen LogP contribution in [0.25, 0.3) is 5.65 Å². The summed E-state index contributed by atoms with van der Waals surface area (Å²) < 4.78 is 12.3. The van der Waals surface area contributed by atoms with Gasteiger partial charge < -0.3 is 19.6 Å². The Hall–Kier alpha value is -3.42. The molecular formula is C16H14N4O4. The highest BCUT2D eigenvalue weighted by Gasteiger charge is 2.12. The number of carbonyl (C=O) groups excluding carboxylic acids is 2. The van der Waals surface area contributed by atoms with Gasteiger partial charge in [0.2, 0.25) is 11.8 Å². The molecule has 24 heavy (non-hydrogen) atoms. The van der Waals surface area contributed by atoms with Gasteiger partial charge in [0, 0.05) is 30.2 Å². The predicted molar refractivity (Wildman–Crippen MR) is 84.2 cm³/mol. The number of ether oxygens (including phenoxy) is 2. The van der Waals surface area contributed by atoms with E-state index in [1.807, 2.05) is 0 Å². The molecule has 1 amide bonds. The summed E-state index contributed by atoms with van der Waals surface area (Å²) in [5, 5.41) is 0. The number of aromatic nitrogens is 3. The Labute approximate surface area is 136 Å². The van der Waals surface area contributed by atoms with Gasteiger partial charge in [-0.3, -0.25) is 9.59 Å². The second-order valence-corrected chi connectivity index (χ2v) is 4.95. The second-order valence-electron chi connectivity index (χ2n) is 4.95. The number of nitrogens with two attached hydrogens (primary N) is 1. The number of nitrogens with zero attached hydrogens (tertiary/aromatic N) is 3. The summed E-state index contributed by atoms with van der Waals surface area (Å²) in [6.07, 6.45) is 6.97. The zero-order valence-electron chi connectivity index (χ0n) is 12.8. The molecule has 0 saturated carbocycles. The van der Waals surface area contributed by atoms with Crippen LogP contribution in [-0.4, -0.2) is 33.7 Å². The zero-order valence-corrected chi connectivity index (χ0v) is 12.8. The molecule has 3 aromatic rings. The summed E-state index contributed by atoms with van der Waals surface area (Å²) in [7, 11) is 1.46. The van der Waals surface area contributed by atoms with Gasteiger partial charge >= 0.3 is 0 Å². The predicted octanol–water partition coefficient (Wildman–Crippen LogP) is 1.23. The van der Waals surface area contributed by atoms with Crippen LogP contribution in [0.2, 0.25) is 0 Å². The number of rotatable bonds is 6. The zero-order chi connectivity index (χ0) is 17.1. The number of hydrogen-bond donors (Lipinski definition) is 1. The lowest BCUT2D eigenvalue weighted by atomic mass is 10.2. The lowest BCUT2D eigenvalue weighted by molar-refractivity contribution is 0.0999. The Morgan fingerprint density at radius 1 is 1.38 bits per heavy atom. The monoisotopic (exact) mass is 326 g/mol. The van der Waals surface area contributed by atoms with Gasteiger partial charge in [-0.05, 0) is 6.07 Å². The van der Waals surface area contributed by atoms with Crippen molar-refractivity contribution in [1.82, 2.24) is 14.4 Å². The molecule has 3 aromatic heterocycles. The van der Waals surface area contributed by atoms with Crippen molar-refractivity contribution in [2.75, 3.05) is 7.11 Å². The molecule has 0 aliphatic heterocycles. The van der Waals surface area contributed by atoms with E-state index in [1.165, 1.54) is 19.4 Å². The van der Waals surface area contributed by atoms with Crippen molar-refractivity contribution in [2.45, 2.75) is 6.61 Å². The maximum absolute atomic E-state index is 11.4. The number of fused-ring (bicyclic) bond motifs is 1. The van der Waals surface area contributed by atoms with Crippen LogP contribution >= 0.6 is 0 Å². The molecule has 0 unspecified atom stereocenters. The minimum atomic E-state index is -0.549. The Morgan fingerprint density at radius 2 is 2.21 bits per heavy atom. The van der Waals surface area contributed by atoms with Crippen LogP contribution in [0, 0.1) is 0 Å². The fourth-order valence-corrected chi connectivity index (χ4v) is 2.26. The molecule has 0 aromatic carbocycles. The molecule has 0 fully saturated rings. The highest BCUT2D eigenvalue weighted by molar-refractivity contribution is 5.93. The van der Waals surface area contributed by atoms with Crippen LogP contribution < -0.4 is 15.2 Å². The molecule has 0 aliphatic carbocycles. The van der Waals surface area contributed by atoms with Crippen LogP contribution in [0.3, 0.4) is 0 Å². The fraction of sp³-hybridized carbons (Fsp3) is 0.125. The molecule has 122 valence electrons. The van der Waals surface area contributed by atoms with Crippen LogP contribution in [0.1, 0.15) is 26.3 Å². The summed E-state index contributed by atoms with van der Waals surface area (Å²) in [6, 6.07) is 3.09. The SMILES string of the molecule is COc1cc(C=O)c(OCc2cc(C(N)=O)cn3ccnc23)cn1. The summed E-state index contributed by atoms with van der Waals surface area (Å²) in [5.74, 6) is 0.0716. The number of methoxy groups -OCH3 is 1. The summed E-state index contributed by atoms with van der Waals surface area (Å²) in [4.78, 5) is 30.9. The van der Waals surface area contributed by atoms with Crippen molar-refractivity contribution in [1.29, 1.82) is 0 Å². The highest BCUT2D eigenvalue weighted by Crippen LogP contribution is 2.22. The van der Waals surface area contributed by atoms with Gasteiger partial charge in [-0.25, -0.2) is 9.97 Å². The van der Waals surface area contributed by atoms with E-state index >= 15 is 0 Å². The average molecular weight is 326 g/mol. The Morgan fingerprint density at radius 3 is 2.92 bits per heavy atom. The smallest absolute Gasteiger partial charge is 0.250 e.